The molecule has 0 unspecified atom stereocenters. The maximum atomic E-state index is 13.3. The number of hydrogen-bond donors (Lipinski definition) is 1. The lowest BCUT2D eigenvalue weighted by Gasteiger charge is -2.29. The Kier molecular flexibility index (Phi) is 8.20. The summed E-state index contributed by atoms with van der Waals surface area (Å²) in [4.78, 5) is 27.0. The first-order valence-electron chi connectivity index (χ1n) is 10.5. The third kappa shape index (κ3) is 7.39. The first-order chi connectivity index (χ1) is 14.5. The molecule has 1 atom stereocenters. The van der Waals surface area contributed by atoms with Crippen LogP contribution in [0, 0.1) is 5.82 Å². The van der Waals surface area contributed by atoms with Gasteiger partial charge in [0.15, 0.2) is 6.61 Å². The summed E-state index contributed by atoms with van der Waals surface area (Å²) in [7, 11) is 0. The van der Waals surface area contributed by atoms with Crippen molar-refractivity contribution in [3.05, 3.63) is 65.5 Å². The summed E-state index contributed by atoms with van der Waals surface area (Å²) in [6, 6.07) is 12.8. The number of nitrogens with one attached hydrogen (secondary N) is 1. The number of nitrogens with zero attached hydrogens (tertiary/aromatic N) is 1. The first kappa shape index (κ1) is 24.4. The molecule has 0 aliphatic heterocycles. The van der Waals surface area contributed by atoms with E-state index in [1.807, 2.05) is 38.1 Å². The molecule has 2 aromatic rings. The fourth-order valence-electron chi connectivity index (χ4n) is 3.05. The summed E-state index contributed by atoms with van der Waals surface area (Å²) < 4.78 is 19.0. The zero-order chi connectivity index (χ0) is 23.2. The van der Waals surface area contributed by atoms with Crippen molar-refractivity contribution in [3.8, 4) is 5.75 Å². The molecule has 2 aromatic carbocycles. The predicted molar refractivity (Wildman–Crippen MR) is 120 cm³/mol. The van der Waals surface area contributed by atoms with Crippen molar-refractivity contribution in [2.45, 2.75) is 65.6 Å². The number of carbonyl (C=O) groups is 2. The molecule has 0 saturated heterocycles. The third-order valence-corrected chi connectivity index (χ3v) is 4.95. The van der Waals surface area contributed by atoms with E-state index in [-0.39, 0.29) is 42.2 Å². The number of amides is 2. The zero-order valence-corrected chi connectivity index (χ0v) is 19.2. The van der Waals surface area contributed by atoms with Crippen molar-refractivity contribution < 1.29 is 18.7 Å². The van der Waals surface area contributed by atoms with Gasteiger partial charge in [0.1, 0.15) is 17.6 Å². The van der Waals surface area contributed by atoms with E-state index in [0.717, 1.165) is 5.56 Å². The van der Waals surface area contributed by atoms with E-state index in [2.05, 4.69) is 26.1 Å². The minimum atomic E-state index is -0.702. The number of rotatable bonds is 8. The Hall–Kier alpha value is -2.89. The van der Waals surface area contributed by atoms with Gasteiger partial charge in [-0.1, -0.05) is 45.0 Å². The van der Waals surface area contributed by atoms with Gasteiger partial charge in [0.05, 0.1) is 0 Å². The van der Waals surface area contributed by atoms with E-state index in [4.69, 9.17) is 4.74 Å². The van der Waals surface area contributed by atoms with Crippen LogP contribution >= 0.6 is 0 Å². The van der Waals surface area contributed by atoms with Crippen LogP contribution in [0.1, 0.15) is 52.7 Å². The maximum Gasteiger partial charge on any atom is 0.261 e. The van der Waals surface area contributed by atoms with Crippen LogP contribution in [0.2, 0.25) is 0 Å². The highest BCUT2D eigenvalue weighted by atomic mass is 19.1. The fraction of sp³-hybridized carbons (Fsp3) is 0.440. The molecular formula is C25H33FN2O3. The Morgan fingerprint density at radius 1 is 1.00 bits per heavy atom. The second-order valence-corrected chi connectivity index (χ2v) is 9.05. The highest BCUT2D eigenvalue weighted by Crippen LogP contribution is 2.24. The molecule has 0 saturated carbocycles. The van der Waals surface area contributed by atoms with E-state index in [1.54, 1.807) is 19.1 Å². The van der Waals surface area contributed by atoms with E-state index in [0.29, 0.717) is 5.75 Å². The molecule has 0 aromatic heterocycles. The van der Waals surface area contributed by atoms with Gasteiger partial charge in [-0.3, -0.25) is 9.59 Å². The average molecular weight is 429 g/mol. The van der Waals surface area contributed by atoms with Gasteiger partial charge in [-0.05, 0) is 61.6 Å². The van der Waals surface area contributed by atoms with Gasteiger partial charge in [-0.2, -0.15) is 0 Å². The van der Waals surface area contributed by atoms with Gasteiger partial charge in [-0.25, -0.2) is 4.39 Å². The molecule has 168 valence electrons. The van der Waals surface area contributed by atoms with E-state index < -0.39 is 6.04 Å². The van der Waals surface area contributed by atoms with Crippen molar-refractivity contribution in [2.24, 2.45) is 0 Å². The maximum absolute atomic E-state index is 13.3. The lowest BCUT2D eigenvalue weighted by molar-refractivity contribution is -0.142. The monoisotopic (exact) mass is 428 g/mol. The Bertz CT molecular complexity index is 871. The minimum absolute atomic E-state index is 0.0273. The molecule has 0 bridgehead atoms. The standard InChI is InChI=1S/C25H33FN2O3/c1-17(2)27-24(30)18(3)28(15-19-7-11-21(26)12-8-19)23(29)16-31-22-13-9-20(10-14-22)25(4,5)6/h7-14,17-18H,15-16H2,1-6H3,(H,27,30)/t18-/m0/s1. The van der Waals surface area contributed by atoms with Gasteiger partial charge in [0.2, 0.25) is 5.91 Å². The molecule has 2 amide bonds. The number of hydrogen-bond acceptors (Lipinski definition) is 3. The highest BCUT2D eigenvalue weighted by molar-refractivity contribution is 5.88. The number of carbonyl (C=O) groups excluding carboxylic acids is 2. The van der Waals surface area contributed by atoms with Gasteiger partial charge >= 0.3 is 0 Å². The Balaban J connectivity index is 2.12. The Labute approximate surface area is 184 Å². The van der Waals surface area contributed by atoms with Gasteiger partial charge in [0.25, 0.3) is 5.91 Å². The molecule has 31 heavy (non-hydrogen) atoms. The highest BCUT2D eigenvalue weighted by Gasteiger charge is 2.27. The molecule has 0 radical (unpaired) electrons. The zero-order valence-electron chi connectivity index (χ0n) is 19.2. The summed E-state index contributed by atoms with van der Waals surface area (Å²) in [5.74, 6) is -0.341. The van der Waals surface area contributed by atoms with Crippen LogP contribution in [0.5, 0.6) is 5.75 Å². The molecule has 0 aliphatic rings. The van der Waals surface area contributed by atoms with Crippen LogP contribution in [0.15, 0.2) is 48.5 Å². The van der Waals surface area contributed by atoms with Crippen molar-refractivity contribution in [3.63, 3.8) is 0 Å². The van der Waals surface area contributed by atoms with Crippen LogP contribution in [0.4, 0.5) is 4.39 Å². The third-order valence-electron chi connectivity index (χ3n) is 4.95. The molecule has 5 nitrogen and oxygen atoms in total. The van der Waals surface area contributed by atoms with E-state index >= 15 is 0 Å². The van der Waals surface area contributed by atoms with Crippen LogP contribution in [0.3, 0.4) is 0 Å². The number of benzene rings is 2. The van der Waals surface area contributed by atoms with Gasteiger partial charge in [-0.15, -0.1) is 0 Å². The van der Waals surface area contributed by atoms with Crippen LogP contribution in [-0.4, -0.2) is 35.4 Å². The lowest BCUT2D eigenvalue weighted by Crippen LogP contribution is -2.50. The van der Waals surface area contributed by atoms with E-state index in [1.165, 1.54) is 22.6 Å². The summed E-state index contributed by atoms with van der Waals surface area (Å²) in [6.45, 7) is 11.8. The molecule has 0 fully saturated rings. The minimum Gasteiger partial charge on any atom is -0.484 e. The van der Waals surface area contributed by atoms with Crippen LogP contribution in [0.25, 0.3) is 0 Å². The topological polar surface area (TPSA) is 58.6 Å². The van der Waals surface area contributed by atoms with Crippen LogP contribution in [-0.2, 0) is 21.5 Å². The van der Waals surface area contributed by atoms with E-state index in [9.17, 15) is 14.0 Å². The first-order valence-corrected chi connectivity index (χ1v) is 10.5. The quantitative estimate of drug-likeness (QED) is 0.676. The molecule has 1 N–H and O–H groups in total. The molecular weight excluding hydrogens is 395 g/mol. The lowest BCUT2D eigenvalue weighted by atomic mass is 9.87. The van der Waals surface area contributed by atoms with Crippen molar-refractivity contribution in [2.75, 3.05) is 6.61 Å². The molecule has 0 spiro atoms. The average Bonchev–Trinajstić information content (AvgIpc) is 2.70. The SMILES string of the molecule is CC(C)NC(=O)[C@H](C)N(Cc1ccc(F)cc1)C(=O)COc1ccc(C(C)(C)C)cc1. The number of halogens is 1. The van der Waals surface area contributed by atoms with Crippen molar-refractivity contribution in [1.82, 2.24) is 10.2 Å². The second kappa shape index (κ2) is 10.4. The van der Waals surface area contributed by atoms with Crippen LogP contribution < -0.4 is 10.1 Å². The summed E-state index contributed by atoms with van der Waals surface area (Å²) >= 11 is 0. The Morgan fingerprint density at radius 3 is 2.10 bits per heavy atom. The molecule has 2 rings (SSSR count). The Morgan fingerprint density at radius 2 is 1.58 bits per heavy atom. The fourth-order valence-corrected chi connectivity index (χ4v) is 3.05. The summed E-state index contributed by atoms with van der Waals surface area (Å²) in [6.07, 6.45) is 0. The smallest absolute Gasteiger partial charge is 0.261 e. The normalized spacial score (nSPS) is 12.4. The second-order valence-electron chi connectivity index (χ2n) is 9.05. The van der Waals surface area contributed by atoms with Crippen molar-refractivity contribution >= 4 is 11.8 Å². The summed E-state index contributed by atoms with van der Waals surface area (Å²) in [5.41, 5.74) is 1.93. The molecule has 0 heterocycles. The van der Waals surface area contributed by atoms with Gasteiger partial charge in [0, 0.05) is 12.6 Å². The predicted octanol–water partition coefficient (Wildman–Crippen LogP) is 4.44. The molecule has 0 aliphatic carbocycles. The van der Waals surface area contributed by atoms with Gasteiger partial charge < -0.3 is 15.0 Å². The summed E-state index contributed by atoms with van der Waals surface area (Å²) in [5, 5.41) is 2.83. The molecule has 6 heteroatoms. The largest absolute Gasteiger partial charge is 0.484 e. The van der Waals surface area contributed by atoms with Crippen molar-refractivity contribution in [1.29, 1.82) is 0 Å². The number of ether oxygens (including phenoxy) is 1.